The average Bonchev–Trinajstić information content (AvgIpc) is 2.76. The molecule has 0 aliphatic rings. The molecule has 0 aliphatic carbocycles. The van der Waals surface area contributed by atoms with Gasteiger partial charge in [0.2, 0.25) is 10.0 Å². The molecule has 7 nitrogen and oxygen atoms in total. The number of hydrogen-bond acceptors (Lipinski definition) is 5. The van der Waals surface area contributed by atoms with E-state index in [0.717, 1.165) is 0 Å². The standard InChI is InChI=1S/C12H14N2O5S/c1-3-20(17,18)14-10-8-6-7(19-2)4-5-9(8)13-11(10)12(15)16/h4-6,13-14H,3H2,1-2H3,(H,15,16)/p-1. The van der Waals surface area contributed by atoms with E-state index in [9.17, 15) is 18.3 Å². The van der Waals surface area contributed by atoms with Crippen LogP contribution in [0.3, 0.4) is 0 Å². The Morgan fingerprint density at radius 3 is 2.70 bits per heavy atom. The summed E-state index contributed by atoms with van der Waals surface area (Å²) in [6.07, 6.45) is 0. The summed E-state index contributed by atoms with van der Waals surface area (Å²) in [6.45, 7) is 1.45. The van der Waals surface area contributed by atoms with Gasteiger partial charge in [-0.3, -0.25) is 4.72 Å². The number of carboxylic acids is 1. The Morgan fingerprint density at radius 2 is 2.15 bits per heavy atom. The lowest BCUT2D eigenvalue weighted by Crippen LogP contribution is -2.25. The lowest BCUT2D eigenvalue weighted by atomic mass is 10.2. The molecule has 1 heterocycles. The van der Waals surface area contributed by atoms with E-state index >= 15 is 0 Å². The summed E-state index contributed by atoms with van der Waals surface area (Å²) in [5, 5.41) is 11.5. The van der Waals surface area contributed by atoms with Crippen molar-refractivity contribution in [3.63, 3.8) is 0 Å². The summed E-state index contributed by atoms with van der Waals surface area (Å²) in [5.74, 6) is -1.18. The molecule has 0 bridgehead atoms. The molecule has 2 aromatic rings. The second-order valence-corrected chi connectivity index (χ2v) is 6.09. The number of benzene rings is 1. The maximum absolute atomic E-state index is 11.7. The van der Waals surface area contributed by atoms with Crippen LogP contribution in [0.1, 0.15) is 17.4 Å². The second kappa shape index (κ2) is 5.04. The monoisotopic (exact) mass is 297 g/mol. The number of ether oxygens (including phenoxy) is 1. The van der Waals surface area contributed by atoms with Gasteiger partial charge in [0.1, 0.15) is 5.75 Å². The van der Waals surface area contributed by atoms with Crippen molar-refractivity contribution in [1.82, 2.24) is 4.98 Å². The topological polar surface area (TPSA) is 111 Å². The molecule has 2 rings (SSSR count). The van der Waals surface area contributed by atoms with Gasteiger partial charge in [0.05, 0.1) is 30.2 Å². The molecule has 0 saturated heterocycles. The minimum Gasteiger partial charge on any atom is -0.543 e. The lowest BCUT2D eigenvalue weighted by Gasteiger charge is -2.08. The zero-order valence-electron chi connectivity index (χ0n) is 10.9. The van der Waals surface area contributed by atoms with Gasteiger partial charge in [-0.05, 0) is 25.1 Å². The van der Waals surface area contributed by atoms with Crippen molar-refractivity contribution in [3.8, 4) is 5.75 Å². The number of nitrogens with one attached hydrogen (secondary N) is 2. The van der Waals surface area contributed by atoms with E-state index in [1.54, 1.807) is 18.2 Å². The van der Waals surface area contributed by atoms with E-state index in [0.29, 0.717) is 16.7 Å². The third-order valence-corrected chi connectivity index (χ3v) is 4.12. The molecule has 20 heavy (non-hydrogen) atoms. The van der Waals surface area contributed by atoms with Crippen LogP contribution in [0.25, 0.3) is 10.9 Å². The van der Waals surface area contributed by atoms with Gasteiger partial charge in [0, 0.05) is 10.9 Å². The zero-order chi connectivity index (χ0) is 14.9. The van der Waals surface area contributed by atoms with Gasteiger partial charge in [0.15, 0.2) is 0 Å². The molecule has 0 spiro atoms. The molecule has 0 radical (unpaired) electrons. The maximum atomic E-state index is 11.7. The van der Waals surface area contributed by atoms with Crippen LogP contribution in [0.15, 0.2) is 18.2 Å². The number of rotatable bonds is 5. The quantitative estimate of drug-likeness (QED) is 0.824. The normalized spacial score (nSPS) is 11.5. The average molecular weight is 297 g/mol. The molecule has 0 aliphatic heterocycles. The van der Waals surface area contributed by atoms with Crippen molar-refractivity contribution in [2.24, 2.45) is 0 Å². The highest BCUT2D eigenvalue weighted by Gasteiger charge is 2.17. The number of H-pyrrole nitrogens is 1. The van der Waals surface area contributed by atoms with E-state index in [4.69, 9.17) is 4.74 Å². The molecular weight excluding hydrogens is 284 g/mol. The van der Waals surface area contributed by atoms with Crippen molar-refractivity contribution >= 4 is 32.6 Å². The number of carboxylic acid groups (broad SMARTS) is 1. The minimum absolute atomic E-state index is 0.0410. The highest BCUT2D eigenvalue weighted by Crippen LogP contribution is 2.31. The number of carbonyl (C=O) groups excluding carboxylic acids is 1. The Kier molecular flexibility index (Phi) is 3.58. The van der Waals surface area contributed by atoms with Gasteiger partial charge in [-0.15, -0.1) is 0 Å². The van der Waals surface area contributed by atoms with Crippen LogP contribution in [0.4, 0.5) is 5.69 Å². The Morgan fingerprint density at radius 1 is 1.45 bits per heavy atom. The number of fused-ring (bicyclic) bond motifs is 1. The fourth-order valence-corrected chi connectivity index (χ4v) is 2.45. The smallest absolute Gasteiger partial charge is 0.232 e. The highest BCUT2D eigenvalue weighted by molar-refractivity contribution is 7.92. The van der Waals surface area contributed by atoms with E-state index in [1.165, 1.54) is 14.0 Å². The summed E-state index contributed by atoms with van der Waals surface area (Å²) in [6, 6.07) is 4.78. The number of aromatic carboxylic acids is 1. The van der Waals surface area contributed by atoms with Crippen LogP contribution in [0.5, 0.6) is 5.75 Å². The largest absolute Gasteiger partial charge is 0.543 e. The number of methoxy groups -OCH3 is 1. The van der Waals surface area contributed by atoms with Gasteiger partial charge in [-0.25, -0.2) is 8.42 Å². The highest BCUT2D eigenvalue weighted by atomic mass is 32.2. The molecule has 1 aromatic carbocycles. The first kappa shape index (κ1) is 14.2. The number of hydrogen-bond donors (Lipinski definition) is 2. The Balaban J connectivity index is 2.69. The number of sulfonamides is 1. The predicted octanol–water partition coefficient (Wildman–Crippen LogP) is 0.302. The van der Waals surface area contributed by atoms with Crippen LogP contribution in [0, 0.1) is 0 Å². The lowest BCUT2D eigenvalue weighted by molar-refractivity contribution is -0.255. The van der Waals surface area contributed by atoms with Gasteiger partial charge >= 0.3 is 0 Å². The van der Waals surface area contributed by atoms with E-state index in [-0.39, 0.29) is 17.1 Å². The molecule has 2 N–H and O–H groups in total. The van der Waals surface area contributed by atoms with Crippen molar-refractivity contribution in [2.75, 3.05) is 17.6 Å². The Bertz CT molecular complexity index is 763. The number of anilines is 1. The maximum Gasteiger partial charge on any atom is 0.232 e. The Hall–Kier alpha value is -2.22. The molecule has 0 saturated carbocycles. The molecule has 0 fully saturated rings. The van der Waals surface area contributed by atoms with Crippen molar-refractivity contribution in [1.29, 1.82) is 0 Å². The first-order valence-electron chi connectivity index (χ1n) is 5.79. The van der Waals surface area contributed by atoms with Crippen molar-refractivity contribution in [2.45, 2.75) is 6.92 Å². The third-order valence-electron chi connectivity index (χ3n) is 2.85. The molecule has 0 unspecified atom stereocenters. The zero-order valence-corrected chi connectivity index (χ0v) is 11.7. The SMILES string of the molecule is CCS(=O)(=O)Nc1c(C(=O)[O-])[nH]c2ccc(OC)cc12. The molecule has 1 aromatic heterocycles. The van der Waals surface area contributed by atoms with Crippen molar-refractivity contribution < 1.29 is 23.1 Å². The molecular formula is C12H13N2O5S-. The minimum atomic E-state index is -3.61. The Labute approximate surface area is 115 Å². The number of aromatic nitrogens is 1. The van der Waals surface area contributed by atoms with Gasteiger partial charge in [-0.2, -0.15) is 0 Å². The van der Waals surface area contributed by atoms with Gasteiger partial charge < -0.3 is 19.6 Å². The molecule has 0 atom stereocenters. The molecule has 8 heteroatoms. The van der Waals surface area contributed by atoms with Gasteiger partial charge in [0.25, 0.3) is 0 Å². The first-order chi connectivity index (χ1) is 9.38. The fourth-order valence-electron chi connectivity index (χ4n) is 1.78. The van der Waals surface area contributed by atoms with Gasteiger partial charge in [-0.1, -0.05) is 0 Å². The first-order valence-corrected chi connectivity index (χ1v) is 7.44. The van der Waals surface area contributed by atoms with Crippen LogP contribution in [0.2, 0.25) is 0 Å². The number of aromatic amines is 1. The van der Waals surface area contributed by atoms with E-state index in [1.807, 2.05) is 0 Å². The van der Waals surface area contributed by atoms with E-state index < -0.39 is 16.0 Å². The number of carbonyl (C=O) groups is 1. The second-order valence-electron chi connectivity index (χ2n) is 4.08. The van der Waals surface area contributed by atoms with Crippen LogP contribution < -0.4 is 14.6 Å². The fraction of sp³-hybridized carbons (Fsp3) is 0.250. The molecule has 0 amide bonds. The van der Waals surface area contributed by atoms with Crippen LogP contribution in [-0.2, 0) is 10.0 Å². The van der Waals surface area contributed by atoms with Crippen LogP contribution >= 0.6 is 0 Å². The third kappa shape index (κ3) is 2.55. The van der Waals surface area contributed by atoms with Crippen molar-refractivity contribution in [3.05, 3.63) is 23.9 Å². The van der Waals surface area contributed by atoms with E-state index in [2.05, 4.69) is 9.71 Å². The molecule has 108 valence electrons. The summed E-state index contributed by atoms with van der Waals surface area (Å²) < 4.78 is 30.6. The summed E-state index contributed by atoms with van der Waals surface area (Å²) in [7, 11) is -2.15. The summed E-state index contributed by atoms with van der Waals surface area (Å²) >= 11 is 0. The predicted molar refractivity (Wildman–Crippen MR) is 72.3 cm³/mol. The van der Waals surface area contributed by atoms with Crippen LogP contribution in [-0.4, -0.2) is 32.2 Å². The summed E-state index contributed by atoms with van der Waals surface area (Å²) in [5.41, 5.74) is 0.116. The summed E-state index contributed by atoms with van der Waals surface area (Å²) in [4.78, 5) is 13.7.